The Balaban J connectivity index is 2.50. The lowest BCUT2D eigenvalue weighted by Crippen LogP contribution is -1.97. The third-order valence-electron chi connectivity index (χ3n) is 2.28. The molecule has 0 aliphatic heterocycles. The molecule has 0 unspecified atom stereocenters. The van der Waals surface area contributed by atoms with Crippen LogP contribution >= 0.6 is 38.5 Å². The molecule has 0 amide bonds. The molecule has 0 radical (unpaired) electrons. The number of hydrogen-bond acceptors (Lipinski definition) is 1. The van der Waals surface area contributed by atoms with Crippen molar-refractivity contribution in [2.45, 2.75) is 13.3 Å². The number of halogens is 3. The molecule has 2 aromatic rings. The van der Waals surface area contributed by atoms with Crippen molar-refractivity contribution < 1.29 is 4.39 Å². The summed E-state index contributed by atoms with van der Waals surface area (Å²) in [6, 6.07) is 4.67. The van der Waals surface area contributed by atoms with Gasteiger partial charge in [-0.2, -0.15) is 5.10 Å². The topological polar surface area (TPSA) is 17.8 Å². The third kappa shape index (κ3) is 2.29. The number of nitrogens with zero attached hydrogens (tertiary/aromatic N) is 2. The van der Waals surface area contributed by atoms with Crippen LogP contribution in [0.1, 0.15) is 12.5 Å². The molecule has 1 aromatic heterocycles. The molecule has 16 heavy (non-hydrogen) atoms. The van der Waals surface area contributed by atoms with Gasteiger partial charge in [0.15, 0.2) is 0 Å². The summed E-state index contributed by atoms with van der Waals surface area (Å²) in [4.78, 5) is 0. The van der Waals surface area contributed by atoms with Crippen molar-refractivity contribution in [2.24, 2.45) is 0 Å². The Kier molecular flexibility index (Phi) is 3.63. The van der Waals surface area contributed by atoms with Gasteiger partial charge in [0.05, 0.1) is 5.69 Å². The van der Waals surface area contributed by atoms with Crippen LogP contribution in [0.25, 0.3) is 5.69 Å². The van der Waals surface area contributed by atoms with E-state index in [0.29, 0.717) is 0 Å². The summed E-state index contributed by atoms with van der Waals surface area (Å²) in [6.07, 6.45) is 2.87. The van der Waals surface area contributed by atoms with Crippen molar-refractivity contribution in [3.05, 3.63) is 43.9 Å². The molecule has 0 bridgehead atoms. The van der Waals surface area contributed by atoms with Gasteiger partial charge in [0.25, 0.3) is 0 Å². The molecule has 0 N–H and O–H groups in total. The minimum Gasteiger partial charge on any atom is -0.238 e. The minimum atomic E-state index is -0.227. The van der Waals surface area contributed by atoms with Crippen LogP contribution in [-0.4, -0.2) is 9.78 Å². The summed E-state index contributed by atoms with van der Waals surface area (Å²) in [5, 5.41) is 4.35. The summed E-state index contributed by atoms with van der Waals surface area (Å²) in [5.74, 6) is -0.227. The SMILES string of the molecule is CCc1cn(-c2ccc(F)cc2I)nc1Br. The summed E-state index contributed by atoms with van der Waals surface area (Å²) >= 11 is 5.51. The van der Waals surface area contributed by atoms with Gasteiger partial charge >= 0.3 is 0 Å². The van der Waals surface area contributed by atoms with Gasteiger partial charge in [-0.05, 0) is 63.1 Å². The molecule has 1 aromatic carbocycles. The highest BCUT2D eigenvalue weighted by Crippen LogP contribution is 2.22. The molecule has 2 rings (SSSR count). The second-order valence-electron chi connectivity index (χ2n) is 3.34. The Morgan fingerprint density at radius 1 is 1.50 bits per heavy atom. The van der Waals surface area contributed by atoms with Crippen LogP contribution < -0.4 is 0 Å². The molecule has 84 valence electrons. The average molecular weight is 395 g/mol. The van der Waals surface area contributed by atoms with Gasteiger partial charge in [-0.3, -0.25) is 0 Å². The average Bonchev–Trinajstić information content (AvgIpc) is 2.59. The van der Waals surface area contributed by atoms with Crippen LogP contribution in [-0.2, 0) is 6.42 Å². The highest BCUT2D eigenvalue weighted by atomic mass is 127. The van der Waals surface area contributed by atoms with Crippen LogP contribution in [0.5, 0.6) is 0 Å². The molecular formula is C11H9BrFIN2. The van der Waals surface area contributed by atoms with E-state index in [9.17, 15) is 4.39 Å². The highest BCUT2D eigenvalue weighted by Gasteiger charge is 2.08. The maximum absolute atomic E-state index is 13.0. The zero-order chi connectivity index (χ0) is 11.7. The smallest absolute Gasteiger partial charge is 0.131 e. The lowest BCUT2D eigenvalue weighted by Gasteiger charge is -2.03. The second-order valence-corrected chi connectivity index (χ2v) is 5.25. The normalized spacial score (nSPS) is 10.8. The van der Waals surface area contributed by atoms with Gasteiger partial charge in [0, 0.05) is 15.3 Å². The van der Waals surface area contributed by atoms with Crippen LogP contribution in [0.15, 0.2) is 29.0 Å². The third-order valence-corrected chi connectivity index (χ3v) is 3.81. The first-order valence-corrected chi connectivity index (χ1v) is 6.68. The molecule has 0 aliphatic rings. The molecular weight excluding hydrogens is 386 g/mol. The summed E-state index contributed by atoms with van der Waals surface area (Å²) < 4.78 is 16.4. The van der Waals surface area contributed by atoms with E-state index in [1.807, 2.05) is 6.20 Å². The standard InChI is InChI=1S/C11H9BrFIN2/c1-2-7-6-16(15-11(7)12)10-4-3-8(13)5-9(10)14/h3-6H,2H2,1H3. The zero-order valence-corrected chi connectivity index (χ0v) is 12.3. The molecule has 0 aliphatic carbocycles. The van der Waals surface area contributed by atoms with Gasteiger partial charge in [-0.25, -0.2) is 9.07 Å². The van der Waals surface area contributed by atoms with E-state index in [0.717, 1.165) is 25.8 Å². The van der Waals surface area contributed by atoms with Gasteiger partial charge < -0.3 is 0 Å². The monoisotopic (exact) mass is 394 g/mol. The maximum Gasteiger partial charge on any atom is 0.131 e. The second kappa shape index (κ2) is 4.83. The molecule has 1 heterocycles. The van der Waals surface area contributed by atoms with Crippen molar-refractivity contribution in [1.29, 1.82) is 0 Å². The van der Waals surface area contributed by atoms with Crippen molar-refractivity contribution in [1.82, 2.24) is 9.78 Å². The summed E-state index contributed by atoms with van der Waals surface area (Å²) in [7, 11) is 0. The number of hydrogen-bond donors (Lipinski definition) is 0. The van der Waals surface area contributed by atoms with Crippen LogP contribution in [0.4, 0.5) is 4.39 Å². The van der Waals surface area contributed by atoms with E-state index in [1.165, 1.54) is 12.1 Å². The fourth-order valence-corrected chi connectivity index (χ4v) is 2.69. The van der Waals surface area contributed by atoms with E-state index >= 15 is 0 Å². The Bertz CT molecular complexity index is 525. The molecule has 0 saturated carbocycles. The van der Waals surface area contributed by atoms with Crippen molar-refractivity contribution in [3.8, 4) is 5.69 Å². The Hall–Kier alpha value is -0.430. The first-order valence-electron chi connectivity index (χ1n) is 4.81. The largest absolute Gasteiger partial charge is 0.238 e. The number of aromatic nitrogens is 2. The molecule has 0 saturated heterocycles. The van der Waals surface area contributed by atoms with Crippen LogP contribution in [0.2, 0.25) is 0 Å². The molecule has 0 fully saturated rings. The number of aryl methyl sites for hydroxylation is 1. The lowest BCUT2D eigenvalue weighted by atomic mass is 10.3. The maximum atomic E-state index is 13.0. The molecule has 2 nitrogen and oxygen atoms in total. The predicted molar refractivity (Wildman–Crippen MR) is 73.3 cm³/mol. The van der Waals surface area contributed by atoms with Gasteiger partial charge in [0.1, 0.15) is 10.4 Å². The first kappa shape index (κ1) is 12.0. The van der Waals surface area contributed by atoms with Gasteiger partial charge in [-0.15, -0.1) is 0 Å². The quantitative estimate of drug-likeness (QED) is 0.705. The summed E-state index contributed by atoms with van der Waals surface area (Å²) in [6.45, 7) is 2.07. The van der Waals surface area contributed by atoms with E-state index in [1.54, 1.807) is 10.7 Å². The Labute approximate surface area is 115 Å². The molecule has 0 atom stereocenters. The fraction of sp³-hybridized carbons (Fsp3) is 0.182. The Morgan fingerprint density at radius 3 is 2.81 bits per heavy atom. The van der Waals surface area contributed by atoms with Gasteiger partial charge in [0.2, 0.25) is 0 Å². The van der Waals surface area contributed by atoms with Crippen molar-refractivity contribution in [3.63, 3.8) is 0 Å². The zero-order valence-electron chi connectivity index (χ0n) is 8.54. The molecule has 0 spiro atoms. The number of benzene rings is 1. The van der Waals surface area contributed by atoms with Gasteiger partial charge in [-0.1, -0.05) is 6.92 Å². The van der Waals surface area contributed by atoms with Crippen molar-refractivity contribution in [2.75, 3.05) is 0 Å². The first-order chi connectivity index (χ1) is 7.61. The number of rotatable bonds is 2. The van der Waals surface area contributed by atoms with E-state index < -0.39 is 0 Å². The fourth-order valence-electron chi connectivity index (χ4n) is 1.42. The highest BCUT2D eigenvalue weighted by molar-refractivity contribution is 14.1. The lowest BCUT2D eigenvalue weighted by molar-refractivity contribution is 0.626. The van der Waals surface area contributed by atoms with Crippen molar-refractivity contribution >= 4 is 38.5 Å². The van der Waals surface area contributed by atoms with E-state index in [-0.39, 0.29) is 5.82 Å². The van der Waals surface area contributed by atoms with Crippen LogP contribution in [0, 0.1) is 9.39 Å². The molecule has 5 heteroatoms. The summed E-state index contributed by atoms with van der Waals surface area (Å²) in [5.41, 5.74) is 2.03. The minimum absolute atomic E-state index is 0.227. The van der Waals surface area contributed by atoms with E-state index in [4.69, 9.17) is 0 Å². The van der Waals surface area contributed by atoms with E-state index in [2.05, 4.69) is 50.5 Å². The predicted octanol–water partition coefficient (Wildman–Crippen LogP) is 3.94. The Morgan fingerprint density at radius 2 is 2.25 bits per heavy atom. The van der Waals surface area contributed by atoms with Crippen LogP contribution in [0.3, 0.4) is 0 Å².